The average Bonchev–Trinajstić information content (AvgIpc) is 2.97. The van der Waals surface area contributed by atoms with Crippen molar-refractivity contribution in [2.24, 2.45) is 0 Å². The number of nitrogens with zero attached hydrogens (tertiary/aromatic N) is 2. The molecule has 2 heterocycles. The van der Waals surface area contributed by atoms with Gasteiger partial charge >= 0.3 is 19.3 Å². The molecule has 1 aliphatic rings. The summed E-state index contributed by atoms with van der Waals surface area (Å²) in [5.74, 6) is -1.40. The fourth-order valence-corrected chi connectivity index (χ4v) is 2.13. The summed E-state index contributed by atoms with van der Waals surface area (Å²) in [7, 11) is -1.80. The number of allylic oxidation sites excluding steroid dienone is 1. The van der Waals surface area contributed by atoms with Crippen molar-refractivity contribution in [3.8, 4) is 0 Å². The van der Waals surface area contributed by atoms with E-state index < -0.39 is 54.0 Å². The molecule has 2 rings (SSSR count). The van der Waals surface area contributed by atoms with E-state index in [0.29, 0.717) is 0 Å². The summed E-state index contributed by atoms with van der Waals surface area (Å²) in [4.78, 5) is 14.2. The molecular weight excluding hydrogens is 347 g/mol. The molecule has 1 N–H and O–H groups in total. The molecule has 0 saturated carbocycles. The smallest absolute Gasteiger partial charge is 0.476 e. The Hall–Kier alpha value is -1.88. The lowest BCUT2D eigenvalue weighted by Gasteiger charge is -2.32. The number of carbonyl (C=O) groups is 1. The second kappa shape index (κ2) is 6.13. The largest absolute Gasteiger partial charge is 0.525 e. The average molecular weight is 364 g/mol. The topological polar surface area (TPSA) is 73.6 Å². The first-order valence-electron chi connectivity index (χ1n) is 7.31. The zero-order valence-electron chi connectivity index (χ0n) is 14.0. The van der Waals surface area contributed by atoms with E-state index in [0.717, 1.165) is 17.1 Å². The minimum atomic E-state index is -5.00. The maximum atomic E-state index is 14.6. The van der Waals surface area contributed by atoms with Gasteiger partial charge in [0, 0.05) is 6.20 Å². The number of aromatic nitrogens is 2. The van der Waals surface area contributed by atoms with Gasteiger partial charge in [-0.2, -0.15) is 13.2 Å². The monoisotopic (exact) mass is 364 g/mol. The Morgan fingerprint density at radius 3 is 2.20 bits per heavy atom. The van der Waals surface area contributed by atoms with Gasteiger partial charge in [0.05, 0.1) is 29.6 Å². The van der Waals surface area contributed by atoms with Crippen molar-refractivity contribution in [3.05, 3.63) is 29.5 Å². The second-order valence-corrected chi connectivity index (χ2v) is 6.65. The predicted octanol–water partition coefficient (Wildman–Crippen LogP) is 3.00. The number of rotatable bonds is 4. The lowest BCUT2D eigenvalue weighted by atomic mass is 9.84. The van der Waals surface area contributed by atoms with Crippen molar-refractivity contribution in [1.82, 2.24) is 9.55 Å². The van der Waals surface area contributed by atoms with Gasteiger partial charge in [0.2, 0.25) is 0 Å². The summed E-state index contributed by atoms with van der Waals surface area (Å²) in [6, 6.07) is 0. The van der Waals surface area contributed by atoms with Crippen LogP contribution in [0, 0.1) is 0 Å². The Labute approximate surface area is 141 Å². The first kappa shape index (κ1) is 19.4. The fourth-order valence-electron chi connectivity index (χ4n) is 2.13. The first-order chi connectivity index (χ1) is 11.2. The Kier molecular flexibility index (Phi) is 4.77. The molecule has 0 atom stereocenters. The Balaban J connectivity index is 2.36. The van der Waals surface area contributed by atoms with Crippen LogP contribution < -0.4 is 0 Å². The summed E-state index contributed by atoms with van der Waals surface area (Å²) in [6.45, 7) is 5.38. The van der Waals surface area contributed by atoms with Gasteiger partial charge in [0.15, 0.2) is 5.69 Å². The van der Waals surface area contributed by atoms with Crippen molar-refractivity contribution in [1.29, 1.82) is 0 Å². The van der Waals surface area contributed by atoms with Crippen LogP contribution in [-0.2, 0) is 15.9 Å². The van der Waals surface area contributed by atoms with Crippen LogP contribution in [0.2, 0.25) is 0 Å². The number of halogens is 4. The third kappa shape index (κ3) is 3.87. The molecule has 0 aromatic carbocycles. The highest BCUT2D eigenvalue weighted by Gasteiger charge is 2.55. The van der Waals surface area contributed by atoms with E-state index in [9.17, 15) is 22.4 Å². The predicted molar refractivity (Wildman–Crippen MR) is 79.5 cm³/mol. The van der Waals surface area contributed by atoms with Crippen LogP contribution in [0.15, 0.2) is 23.8 Å². The molecular formula is C14H17BF4N2O4. The highest BCUT2D eigenvalue weighted by molar-refractivity contribution is 6.53. The zero-order chi connectivity index (χ0) is 19.2. The molecule has 0 amide bonds. The number of carboxylic acid groups (broad SMARTS) is 1. The third-order valence-electron chi connectivity index (χ3n) is 4.28. The van der Waals surface area contributed by atoms with Crippen molar-refractivity contribution in [3.63, 3.8) is 0 Å². The van der Waals surface area contributed by atoms with E-state index in [2.05, 4.69) is 4.98 Å². The first-order valence-corrected chi connectivity index (χ1v) is 7.31. The molecule has 25 heavy (non-hydrogen) atoms. The summed E-state index contributed by atoms with van der Waals surface area (Å²) in [5.41, 5.74) is -5.58. The van der Waals surface area contributed by atoms with Crippen molar-refractivity contribution >= 4 is 13.1 Å². The third-order valence-corrected chi connectivity index (χ3v) is 4.28. The van der Waals surface area contributed by atoms with Crippen molar-refractivity contribution < 1.29 is 36.8 Å². The lowest BCUT2D eigenvalue weighted by Crippen LogP contribution is -2.41. The molecule has 1 aromatic rings. The number of alkyl halides is 3. The van der Waals surface area contributed by atoms with E-state index in [1.54, 1.807) is 27.7 Å². The molecule has 11 heteroatoms. The Bertz CT molecular complexity index is 696. The molecule has 1 aliphatic heterocycles. The zero-order valence-corrected chi connectivity index (χ0v) is 14.0. The molecule has 0 unspecified atom stereocenters. The van der Waals surface area contributed by atoms with E-state index >= 15 is 0 Å². The van der Waals surface area contributed by atoms with Gasteiger partial charge in [-0.15, -0.1) is 0 Å². The minimum Gasteiger partial charge on any atom is -0.476 e. The number of imidazole rings is 1. The van der Waals surface area contributed by atoms with E-state index in [4.69, 9.17) is 14.4 Å². The minimum absolute atomic E-state index is 0.447. The maximum Gasteiger partial charge on any atom is 0.525 e. The van der Waals surface area contributed by atoms with Gasteiger partial charge in [0.25, 0.3) is 0 Å². The van der Waals surface area contributed by atoms with Gasteiger partial charge < -0.3 is 19.0 Å². The number of hydrogen-bond donors (Lipinski definition) is 1. The molecule has 0 aliphatic carbocycles. The standard InChI is InChI=1S/C14H17BF4N2O4/c1-12(2)13(3,4)25-15(24-12)10(16)8(14(17,18)19)5-21-6-9(11(22)23)20-7-21/h6-7H,5H2,1-4H3,(H,22,23). The number of carboxylic acids is 1. The molecule has 1 saturated heterocycles. The van der Waals surface area contributed by atoms with Crippen LogP contribution in [0.3, 0.4) is 0 Å². The quantitative estimate of drug-likeness (QED) is 0.657. The van der Waals surface area contributed by atoms with E-state index in [1.807, 2.05) is 0 Å². The van der Waals surface area contributed by atoms with Crippen LogP contribution in [-0.4, -0.2) is 45.1 Å². The molecule has 1 fully saturated rings. The Morgan fingerprint density at radius 2 is 1.80 bits per heavy atom. The molecule has 138 valence electrons. The van der Waals surface area contributed by atoms with Crippen LogP contribution in [0.1, 0.15) is 38.2 Å². The summed E-state index contributed by atoms with van der Waals surface area (Å²) in [6.07, 6.45) is -3.24. The molecule has 0 spiro atoms. The maximum absolute atomic E-state index is 14.6. The van der Waals surface area contributed by atoms with Gasteiger partial charge in [-0.25, -0.2) is 14.2 Å². The highest BCUT2D eigenvalue weighted by Crippen LogP contribution is 2.41. The van der Waals surface area contributed by atoms with Crippen molar-refractivity contribution in [2.45, 2.75) is 51.6 Å². The van der Waals surface area contributed by atoms with E-state index in [1.165, 1.54) is 0 Å². The summed E-state index contributed by atoms with van der Waals surface area (Å²) in [5, 5.41) is 8.77. The van der Waals surface area contributed by atoms with Crippen LogP contribution in [0.4, 0.5) is 17.6 Å². The lowest BCUT2D eigenvalue weighted by molar-refractivity contribution is -0.0965. The number of hydrogen-bond acceptors (Lipinski definition) is 4. The van der Waals surface area contributed by atoms with Crippen LogP contribution in [0.25, 0.3) is 0 Å². The van der Waals surface area contributed by atoms with Gasteiger partial charge in [-0.3, -0.25) is 0 Å². The van der Waals surface area contributed by atoms with Crippen LogP contribution in [0.5, 0.6) is 0 Å². The molecule has 6 nitrogen and oxygen atoms in total. The molecule has 1 aromatic heterocycles. The number of aromatic carboxylic acids is 1. The summed E-state index contributed by atoms with van der Waals surface area (Å²) >= 11 is 0. The van der Waals surface area contributed by atoms with E-state index in [-0.39, 0.29) is 0 Å². The SMILES string of the molecule is CC1(C)OB(C(F)=C(Cn2cnc(C(=O)O)c2)C(F)(F)F)OC1(C)C. The van der Waals surface area contributed by atoms with Gasteiger partial charge in [0.1, 0.15) is 5.73 Å². The fraction of sp³-hybridized carbons (Fsp3) is 0.571. The normalized spacial score (nSPS) is 20.6. The van der Waals surface area contributed by atoms with Gasteiger partial charge in [-0.1, -0.05) is 0 Å². The second-order valence-electron chi connectivity index (χ2n) is 6.65. The summed E-state index contributed by atoms with van der Waals surface area (Å²) < 4.78 is 65.9. The van der Waals surface area contributed by atoms with Crippen molar-refractivity contribution in [2.75, 3.05) is 0 Å². The van der Waals surface area contributed by atoms with Gasteiger partial charge in [-0.05, 0) is 27.7 Å². The molecule has 0 bridgehead atoms. The Morgan fingerprint density at radius 1 is 1.28 bits per heavy atom. The van der Waals surface area contributed by atoms with Crippen LogP contribution >= 0.6 is 0 Å². The molecule has 0 radical (unpaired) electrons. The highest BCUT2D eigenvalue weighted by atomic mass is 19.4.